The van der Waals surface area contributed by atoms with Gasteiger partial charge in [-0.3, -0.25) is 19.1 Å². The topological polar surface area (TPSA) is 140 Å². The highest BCUT2D eigenvalue weighted by molar-refractivity contribution is 7.71. The Labute approximate surface area is 215 Å². The van der Waals surface area contributed by atoms with Gasteiger partial charge in [0.1, 0.15) is 11.4 Å². The maximum absolute atomic E-state index is 13.3. The van der Waals surface area contributed by atoms with Crippen molar-refractivity contribution in [2.24, 2.45) is 4.99 Å². The zero-order valence-electron chi connectivity index (χ0n) is 19.5. The van der Waals surface area contributed by atoms with Crippen LogP contribution in [-0.2, 0) is 16.1 Å². The number of carbonyl (C=O) groups excluding carboxylic acids is 2. The number of nitrogens with one attached hydrogen (secondary N) is 2. The minimum Gasteiger partial charge on any atom is -0.550 e. The molecule has 9 nitrogen and oxygen atoms in total. The quantitative estimate of drug-likeness (QED) is 0.354. The summed E-state index contributed by atoms with van der Waals surface area (Å²) in [4.78, 5) is 42.4. The van der Waals surface area contributed by atoms with E-state index in [4.69, 9.17) is 12.2 Å². The molecular weight excluding hydrogens is 499 g/mol. The predicted octanol–water partition coefficient (Wildman–Crippen LogP) is 0.660. The van der Waals surface area contributed by atoms with E-state index < -0.39 is 23.3 Å². The first-order valence-electron chi connectivity index (χ1n) is 11.4. The van der Waals surface area contributed by atoms with E-state index in [0.29, 0.717) is 23.0 Å². The second kappa shape index (κ2) is 11.1. The zero-order chi connectivity index (χ0) is 26.5. The highest BCUT2D eigenvalue weighted by Gasteiger charge is 2.17. The van der Waals surface area contributed by atoms with E-state index in [0.717, 1.165) is 10.8 Å². The summed E-state index contributed by atoms with van der Waals surface area (Å²) >= 11 is 5.24. The maximum atomic E-state index is 13.3. The summed E-state index contributed by atoms with van der Waals surface area (Å²) in [5.41, 5.74) is 1.17. The van der Waals surface area contributed by atoms with E-state index in [9.17, 15) is 29.0 Å². The molecule has 3 aromatic rings. The van der Waals surface area contributed by atoms with Crippen LogP contribution in [0.1, 0.15) is 30.4 Å². The van der Waals surface area contributed by atoms with Gasteiger partial charge in [0.25, 0.3) is 5.56 Å². The largest absolute Gasteiger partial charge is 0.550 e. The molecule has 0 radical (unpaired) electrons. The molecule has 1 aliphatic rings. The van der Waals surface area contributed by atoms with Gasteiger partial charge >= 0.3 is 0 Å². The van der Waals surface area contributed by atoms with Gasteiger partial charge in [0.2, 0.25) is 11.8 Å². The van der Waals surface area contributed by atoms with E-state index in [2.05, 4.69) is 15.3 Å². The third-order valence-corrected chi connectivity index (χ3v) is 6.10. The van der Waals surface area contributed by atoms with Gasteiger partial charge in [0.05, 0.1) is 17.6 Å². The molecule has 2 aromatic carbocycles. The van der Waals surface area contributed by atoms with Crippen LogP contribution in [0.4, 0.5) is 4.39 Å². The van der Waals surface area contributed by atoms with Crippen molar-refractivity contribution < 1.29 is 24.2 Å². The Morgan fingerprint density at radius 1 is 1.16 bits per heavy atom. The SMILES string of the molecule is O=C([O-])CCC(=O)NCCC1=c2ccccc2=N/C1=C\c1c(O)n(Cc2ccc(F)cc2)c(=S)[nH]c1=O. The third kappa shape index (κ3) is 6.07. The molecule has 0 aliphatic carbocycles. The number of allylic oxidation sites excluding steroid dienone is 1. The number of aromatic nitrogens is 2. The minimum atomic E-state index is -1.30. The number of carboxylic acids is 1. The van der Waals surface area contributed by atoms with E-state index in [1.54, 1.807) is 18.2 Å². The number of H-pyrrole nitrogens is 1. The first-order chi connectivity index (χ1) is 17.7. The number of aromatic amines is 1. The Morgan fingerprint density at radius 2 is 1.89 bits per heavy atom. The van der Waals surface area contributed by atoms with Crippen molar-refractivity contribution in [1.29, 1.82) is 0 Å². The van der Waals surface area contributed by atoms with E-state index in [1.165, 1.54) is 22.8 Å². The first-order valence-corrected chi connectivity index (χ1v) is 11.8. The zero-order valence-corrected chi connectivity index (χ0v) is 20.3. The van der Waals surface area contributed by atoms with Crippen molar-refractivity contribution in [2.75, 3.05) is 6.54 Å². The third-order valence-electron chi connectivity index (χ3n) is 5.77. The van der Waals surface area contributed by atoms with Crippen LogP contribution >= 0.6 is 12.2 Å². The smallest absolute Gasteiger partial charge is 0.262 e. The summed E-state index contributed by atoms with van der Waals surface area (Å²) in [5, 5.41) is 25.7. The minimum absolute atomic E-state index is 0.00379. The van der Waals surface area contributed by atoms with Crippen molar-refractivity contribution in [3.05, 3.63) is 96.9 Å². The van der Waals surface area contributed by atoms with Gasteiger partial charge < -0.3 is 20.3 Å². The van der Waals surface area contributed by atoms with Gasteiger partial charge in [-0.15, -0.1) is 0 Å². The molecule has 0 fully saturated rings. The predicted molar refractivity (Wildman–Crippen MR) is 134 cm³/mol. The summed E-state index contributed by atoms with van der Waals surface area (Å²) in [6.45, 7) is 0.310. The summed E-state index contributed by atoms with van der Waals surface area (Å²) in [7, 11) is 0. The van der Waals surface area contributed by atoms with E-state index in [1.807, 2.05) is 18.2 Å². The van der Waals surface area contributed by atoms with Crippen LogP contribution in [0.2, 0.25) is 0 Å². The fraction of sp³-hybridized carbons (Fsp3) is 0.192. The lowest BCUT2D eigenvalue weighted by Crippen LogP contribution is -2.29. The number of carbonyl (C=O) groups is 2. The van der Waals surface area contributed by atoms with Gasteiger partial charge in [-0.25, -0.2) is 9.38 Å². The normalized spacial score (nSPS) is 13.3. The van der Waals surface area contributed by atoms with Crippen molar-refractivity contribution in [3.63, 3.8) is 0 Å². The number of nitrogens with zero attached hydrogens (tertiary/aromatic N) is 2. The summed E-state index contributed by atoms with van der Waals surface area (Å²) in [5.74, 6) is -2.49. The molecule has 0 unspecified atom stereocenters. The van der Waals surface area contributed by atoms with Gasteiger partial charge in [-0.05, 0) is 60.5 Å². The lowest BCUT2D eigenvalue weighted by atomic mass is 10.1. The van der Waals surface area contributed by atoms with Crippen LogP contribution in [-0.4, -0.2) is 33.1 Å². The number of fused-ring (bicyclic) bond motifs is 1. The van der Waals surface area contributed by atoms with Crippen LogP contribution in [0.3, 0.4) is 0 Å². The first kappa shape index (κ1) is 25.7. The molecule has 0 saturated heterocycles. The van der Waals surface area contributed by atoms with Crippen molar-refractivity contribution in [2.45, 2.75) is 25.8 Å². The number of hydrogen-bond acceptors (Lipinski definition) is 7. The lowest BCUT2D eigenvalue weighted by molar-refractivity contribution is -0.305. The number of rotatable bonds is 9. The second-order valence-corrected chi connectivity index (χ2v) is 8.70. The Hall–Kier alpha value is -4.38. The molecule has 11 heteroatoms. The van der Waals surface area contributed by atoms with Gasteiger partial charge in [-0.1, -0.05) is 30.3 Å². The average Bonchev–Trinajstić information content (AvgIpc) is 3.21. The molecule has 1 amide bonds. The number of para-hydroxylation sites is 1. The van der Waals surface area contributed by atoms with Crippen LogP contribution < -0.4 is 26.6 Å². The molecule has 1 aromatic heterocycles. The Bertz CT molecular complexity index is 1640. The van der Waals surface area contributed by atoms with E-state index >= 15 is 0 Å². The van der Waals surface area contributed by atoms with Crippen LogP contribution in [0, 0.1) is 10.6 Å². The molecular formula is C26H22FN4O5S-. The molecule has 37 heavy (non-hydrogen) atoms. The summed E-state index contributed by atoms with van der Waals surface area (Å²) in [6.07, 6.45) is 1.24. The fourth-order valence-electron chi connectivity index (χ4n) is 3.94. The highest BCUT2D eigenvalue weighted by atomic mass is 32.1. The van der Waals surface area contributed by atoms with Crippen LogP contribution in [0.15, 0.2) is 64.0 Å². The van der Waals surface area contributed by atoms with Crippen molar-refractivity contribution >= 4 is 35.7 Å². The molecule has 0 bridgehead atoms. The van der Waals surface area contributed by atoms with Gasteiger partial charge in [0, 0.05) is 24.2 Å². The summed E-state index contributed by atoms with van der Waals surface area (Å²) in [6, 6.07) is 13.0. The van der Waals surface area contributed by atoms with Crippen molar-refractivity contribution in [3.8, 4) is 5.88 Å². The number of amides is 1. The number of benzene rings is 2. The Balaban J connectivity index is 1.66. The standard InChI is InChI=1S/C26H23FN4O5S/c27-16-7-5-15(6-8-16)14-31-25(36)19(24(35)30-26(31)37)13-21-18(17-3-1-2-4-20(17)29-21)11-12-28-22(32)9-10-23(33)34/h1-8,13,36H,9-12,14H2,(H,28,32)(H,33,34)(H,30,35,37)/p-1/b21-13-. The molecule has 0 spiro atoms. The average molecular weight is 522 g/mol. The second-order valence-electron chi connectivity index (χ2n) is 8.32. The van der Waals surface area contributed by atoms with Crippen molar-refractivity contribution in [1.82, 2.24) is 14.9 Å². The molecule has 2 heterocycles. The maximum Gasteiger partial charge on any atom is 0.262 e. The van der Waals surface area contributed by atoms with Crippen LogP contribution in [0.25, 0.3) is 11.6 Å². The van der Waals surface area contributed by atoms with E-state index in [-0.39, 0.29) is 42.1 Å². The molecule has 0 saturated carbocycles. The molecule has 4 rings (SSSR count). The number of carboxylic acid groups (broad SMARTS) is 1. The Morgan fingerprint density at radius 3 is 2.62 bits per heavy atom. The fourth-order valence-corrected chi connectivity index (χ4v) is 4.18. The number of hydrogen-bond donors (Lipinski definition) is 3. The number of aliphatic carboxylic acids is 1. The molecule has 3 N–H and O–H groups in total. The number of halogens is 1. The van der Waals surface area contributed by atoms with Gasteiger partial charge in [-0.2, -0.15) is 0 Å². The molecule has 1 aliphatic heterocycles. The van der Waals surface area contributed by atoms with Gasteiger partial charge in [0.15, 0.2) is 4.77 Å². The van der Waals surface area contributed by atoms with Crippen LogP contribution in [0.5, 0.6) is 5.88 Å². The Kier molecular flexibility index (Phi) is 7.73. The summed E-state index contributed by atoms with van der Waals surface area (Å²) < 4.78 is 14.6. The number of aromatic hydroxyl groups is 1. The lowest BCUT2D eigenvalue weighted by Gasteiger charge is -2.12. The molecule has 0 atom stereocenters. The monoisotopic (exact) mass is 521 g/mol. The molecule has 190 valence electrons. The highest BCUT2D eigenvalue weighted by Crippen LogP contribution is 2.24.